The molecule has 3 aromatic rings. The highest BCUT2D eigenvalue weighted by Crippen LogP contribution is 2.40. The molecule has 10 heteroatoms. The maximum Gasteiger partial charge on any atom is 0.417 e. The predicted octanol–water partition coefficient (Wildman–Crippen LogP) is 6.34. The molecule has 1 aromatic heterocycles. The fraction of sp³-hybridized carbons (Fsp3) is 0.393. The van der Waals surface area contributed by atoms with Crippen LogP contribution in [0.25, 0.3) is 11.1 Å². The average Bonchev–Trinajstić information content (AvgIpc) is 3.19. The summed E-state index contributed by atoms with van der Waals surface area (Å²) in [5.41, 5.74) is 1.74. The third kappa shape index (κ3) is 6.83. The number of aromatic nitrogens is 1. The lowest BCUT2D eigenvalue weighted by Gasteiger charge is -2.18. The summed E-state index contributed by atoms with van der Waals surface area (Å²) in [5, 5.41) is 0. The number of benzene rings is 2. The maximum absolute atomic E-state index is 14.8. The Hall–Kier alpha value is -3.14. The van der Waals surface area contributed by atoms with Crippen molar-refractivity contribution in [1.29, 1.82) is 0 Å². The summed E-state index contributed by atoms with van der Waals surface area (Å²) < 4.78 is 90.2. The van der Waals surface area contributed by atoms with Crippen molar-refractivity contribution in [2.45, 2.75) is 45.9 Å². The normalized spacial score (nSPS) is 15.4. The molecule has 2 aromatic carbocycles. The van der Waals surface area contributed by atoms with Crippen molar-refractivity contribution in [2.75, 3.05) is 18.6 Å². The summed E-state index contributed by atoms with van der Waals surface area (Å²) in [5.74, 6) is 0.159. The Morgan fingerprint density at radius 2 is 1.76 bits per heavy atom. The fourth-order valence-corrected chi connectivity index (χ4v) is 5.30. The number of hydrogen-bond donors (Lipinski definition) is 0. The summed E-state index contributed by atoms with van der Waals surface area (Å²) in [4.78, 5) is 4.26. The monoisotopic (exact) mass is 551 g/mol. The second-order valence-corrected chi connectivity index (χ2v) is 12.1. The van der Waals surface area contributed by atoms with E-state index in [-0.39, 0.29) is 42.1 Å². The third-order valence-corrected chi connectivity index (χ3v) is 7.51. The molecule has 1 atom stereocenters. The first-order valence-corrected chi connectivity index (χ1v) is 14.3. The van der Waals surface area contributed by atoms with Gasteiger partial charge in [0.25, 0.3) is 0 Å². The molecule has 1 aliphatic rings. The highest BCUT2D eigenvalue weighted by atomic mass is 32.2. The summed E-state index contributed by atoms with van der Waals surface area (Å²) in [6.07, 6.45) is 0.205. The van der Waals surface area contributed by atoms with Crippen LogP contribution in [0.3, 0.4) is 0 Å². The van der Waals surface area contributed by atoms with Crippen LogP contribution in [0, 0.1) is 18.7 Å². The van der Waals surface area contributed by atoms with Gasteiger partial charge in [-0.15, -0.1) is 0 Å². The predicted molar refractivity (Wildman–Crippen MR) is 137 cm³/mol. The number of ether oxygens (including phenoxy) is 2. The molecule has 0 N–H and O–H groups in total. The van der Waals surface area contributed by atoms with Gasteiger partial charge in [0.05, 0.1) is 17.9 Å². The standard InChI is InChI=1S/C28H29F4NO4S/c1-17-9-19-13-27(33-15-20(19)10-17)37-16-21-12-24(25(14-26(21)29)28(30,31)32)23-6-5-22(11-18(23)2)36-7-4-8-38(3,34)35/h5-6,11-15,17H,4,7-10,16H2,1-3H3/t17-/m0/s1. The van der Waals surface area contributed by atoms with Crippen LogP contribution in [0.2, 0.25) is 0 Å². The topological polar surface area (TPSA) is 65.5 Å². The molecule has 0 saturated heterocycles. The first kappa shape index (κ1) is 27.9. The average molecular weight is 552 g/mol. The third-order valence-electron chi connectivity index (χ3n) is 6.48. The molecule has 0 aliphatic heterocycles. The quantitative estimate of drug-likeness (QED) is 0.229. The van der Waals surface area contributed by atoms with Gasteiger partial charge in [0.2, 0.25) is 5.88 Å². The van der Waals surface area contributed by atoms with E-state index in [4.69, 9.17) is 9.47 Å². The fourth-order valence-electron chi connectivity index (χ4n) is 4.66. The second-order valence-electron chi connectivity index (χ2n) is 9.89. The van der Waals surface area contributed by atoms with E-state index in [0.717, 1.165) is 30.2 Å². The van der Waals surface area contributed by atoms with Gasteiger partial charge in [-0.25, -0.2) is 17.8 Å². The van der Waals surface area contributed by atoms with E-state index in [1.54, 1.807) is 25.3 Å². The number of pyridine rings is 1. The number of nitrogens with zero attached hydrogens (tertiary/aromatic N) is 1. The van der Waals surface area contributed by atoms with Crippen molar-refractivity contribution in [3.8, 4) is 22.8 Å². The van der Waals surface area contributed by atoms with Crippen molar-refractivity contribution in [3.05, 3.63) is 76.2 Å². The lowest BCUT2D eigenvalue weighted by Crippen LogP contribution is -2.11. The van der Waals surface area contributed by atoms with E-state index in [0.29, 0.717) is 29.2 Å². The van der Waals surface area contributed by atoms with Gasteiger partial charge in [0.1, 0.15) is 28.0 Å². The highest BCUT2D eigenvalue weighted by molar-refractivity contribution is 7.90. The molecule has 204 valence electrons. The van der Waals surface area contributed by atoms with Gasteiger partial charge < -0.3 is 9.47 Å². The Bertz CT molecular complexity index is 1440. The van der Waals surface area contributed by atoms with Gasteiger partial charge in [-0.2, -0.15) is 13.2 Å². The minimum Gasteiger partial charge on any atom is -0.494 e. The van der Waals surface area contributed by atoms with Crippen LogP contribution in [0.5, 0.6) is 11.6 Å². The van der Waals surface area contributed by atoms with Gasteiger partial charge >= 0.3 is 6.18 Å². The molecule has 0 unspecified atom stereocenters. The first-order valence-electron chi connectivity index (χ1n) is 12.2. The zero-order valence-corrected chi connectivity index (χ0v) is 22.2. The van der Waals surface area contributed by atoms with E-state index in [9.17, 15) is 26.0 Å². The van der Waals surface area contributed by atoms with Crippen LogP contribution in [-0.2, 0) is 35.5 Å². The van der Waals surface area contributed by atoms with Crippen molar-refractivity contribution >= 4 is 9.84 Å². The lowest BCUT2D eigenvalue weighted by molar-refractivity contribution is -0.137. The van der Waals surface area contributed by atoms with Crippen molar-refractivity contribution < 1.29 is 35.5 Å². The Balaban J connectivity index is 1.57. The number of alkyl halides is 3. The largest absolute Gasteiger partial charge is 0.494 e. The molecule has 0 fully saturated rings. The molecule has 1 heterocycles. The Kier molecular flexibility index (Phi) is 8.01. The molecular weight excluding hydrogens is 522 g/mol. The molecule has 0 amide bonds. The smallest absolute Gasteiger partial charge is 0.417 e. The van der Waals surface area contributed by atoms with Crippen LogP contribution in [0.1, 0.15) is 41.2 Å². The van der Waals surface area contributed by atoms with E-state index >= 15 is 0 Å². The molecule has 0 spiro atoms. The summed E-state index contributed by atoms with van der Waals surface area (Å²) in [6.45, 7) is 3.64. The Morgan fingerprint density at radius 1 is 1.03 bits per heavy atom. The van der Waals surface area contributed by atoms with Crippen molar-refractivity contribution in [2.24, 2.45) is 5.92 Å². The molecule has 0 radical (unpaired) electrons. The summed E-state index contributed by atoms with van der Waals surface area (Å²) in [6, 6.07) is 8.05. The molecule has 38 heavy (non-hydrogen) atoms. The van der Waals surface area contributed by atoms with Gasteiger partial charge in [0, 0.05) is 24.1 Å². The highest BCUT2D eigenvalue weighted by Gasteiger charge is 2.35. The van der Waals surface area contributed by atoms with E-state index in [1.807, 2.05) is 0 Å². The van der Waals surface area contributed by atoms with E-state index in [1.165, 1.54) is 18.2 Å². The van der Waals surface area contributed by atoms with Crippen LogP contribution < -0.4 is 9.47 Å². The minimum absolute atomic E-state index is 0.0239. The van der Waals surface area contributed by atoms with Gasteiger partial charge in [-0.1, -0.05) is 13.0 Å². The molecule has 5 nitrogen and oxygen atoms in total. The molecule has 4 rings (SSSR count). The van der Waals surface area contributed by atoms with Crippen molar-refractivity contribution in [1.82, 2.24) is 4.98 Å². The summed E-state index contributed by atoms with van der Waals surface area (Å²) >= 11 is 0. The van der Waals surface area contributed by atoms with E-state index < -0.39 is 27.4 Å². The molecule has 1 aliphatic carbocycles. The minimum atomic E-state index is -4.78. The molecule has 0 bridgehead atoms. The van der Waals surface area contributed by atoms with Gasteiger partial charge in [-0.3, -0.25) is 0 Å². The van der Waals surface area contributed by atoms with Gasteiger partial charge in [0.15, 0.2) is 0 Å². The number of rotatable bonds is 9. The number of sulfone groups is 1. The zero-order valence-electron chi connectivity index (χ0n) is 21.4. The number of halogens is 4. The lowest BCUT2D eigenvalue weighted by atomic mass is 9.93. The molecular formula is C28H29F4NO4S. The number of hydrogen-bond acceptors (Lipinski definition) is 5. The SMILES string of the molecule is Cc1cc(OCCCS(C)(=O)=O)ccc1-c1cc(COc2cc3c(cn2)C[C@@H](C)C3)c(F)cc1C(F)(F)F. The molecule has 0 saturated carbocycles. The van der Waals surface area contributed by atoms with Crippen LogP contribution in [-0.4, -0.2) is 32.0 Å². The van der Waals surface area contributed by atoms with Crippen LogP contribution in [0.15, 0.2) is 42.6 Å². The zero-order chi connectivity index (χ0) is 27.7. The van der Waals surface area contributed by atoms with E-state index in [2.05, 4.69) is 11.9 Å². The first-order chi connectivity index (χ1) is 17.8. The van der Waals surface area contributed by atoms with Gasteiger partial charge in [-0.05, 0) is 84.2 Å². The maximum atomic E-state index is 14.8. The van der Waals surface area contributed by atoms with Crippen LogP contribution >= 0.6 is 0 Å². The summed E-state index contributed by atoms with van der Waals surface area (Å²) in [7, 11) is -3.11. The Labute approximate surface area is 219 Å². The van der Waals surface area contributed by atoms with Crippen LogP contribution in [0.4, 0.5) is 17.6 Å². The number of fused-ring (bicyclic) bond motifs is 1. The Morgan fingerprint density at radius 3 is 2.45 bits per heavy atom. The number of aryl methyl sites for hydroxylation is 1. The second kappa shape index (κ2) is 10.9. The van der Waals surface area contributed by atoms with Crippen molar-refractivity contribution in [3.63, 3.8) is 0 Å².